The van der Waals surface area contributed by atoms with E-state index < -0.39 is 0 Å². The number of likely N-dealkylation sites (tertiary alicyclic amines) is 1. The van der Waals surface area contributed by atoms with Crippen LogP contribution in [0.15, 0.2) is 30.3 Å². The second-order valence-corrected chi connectivity index (χ2v) is 4.49. The minimum Gasteiger partial charge on any atom is -0.396 e. The summed E-state index contributed by atoms with van der Waals surface area (Å²) in [6, 6.07) is 9.46. The van der Waals surface area contributed by atoms with Crippen molar-refractivity contribution in [3.05, 3.63) is 30.3 Å². The van der Waals surface area contributed by atoms with Gasteiger partial charge in [-0.1, -0.05) is 18.2 Å². The fourth-order valence-electron chi connectivity index (χ4n) is 2.13. The molecule has 0 spiro atoms. The number of amides is 1. The van der Waals surface area contributed by atoms with Crippen LogP contribution in [0.2, 0.25) is 0 Å². The van der Waals surface area contributed by atoms with Crippen LogP contribution in [0, 0.1) is 5.92 Å². The molecular formula is C13H18N2O2. The topological polar surface area (TPSA) is 52.6 Å². The van der Waals surface area contributed by atoms with Crippen LogP contribution < -0.4 is 5.32 Å². The van der Waals surface area contributed by atoms with Crippen molar-refractivity contribution in [3.8, 4) is 0 Å². The Morgan fingerprint density at radius 3 is 2.82 bits per heavy atom. The lowest BCUT2D eigenvalue weighted by molar-refractivity contribution is -0.117. The molecule has 1 amide bonds. The zero-order chi connectivity index (χ0) is 12.1. The van der Waals surface area contributed by atoms with Gasteiger partial charge in [-0.05, 0) is 31.0 Å². The first kappa shape index (κ1) is 12.1. The predicted octanol–water partition coefficient (Wildman–Crippen LogP) is 0.939. The minimum absolute atomic E-state index is 0.00906. The fraction of sp³-hybridized carbons (Fsp3) is 0.462. The lowest BCUT2D eigenvalue weighted by Gasteiger charge is -2.15. The molecule has 0 unspecified atom stereocenters. The van der Waals surface area contributed by atoms with Gasteiger partial charge in [0.1, 0.15) is 0 Å². The zero-order valence-corrected chi connectivity index (χ0v) is 9.80. The quantitative estimate of drug-likeness (QED) is 0.815. The highest BCUT2D eigenvalue weighted by atomic mass is 16.3. The molecule has 2 rings (SSSR count). The van der Waals surface area contributed by atoms with E-state index in [1.165, 1.54) is 0 Å². The third-order valence-corrected chi connectivity index (χ3v) is 3.05. The smallest absolute Gasteiger partial charge is 0.238 e. The van der Waals surface area contributed by atoms with Gasteiger partial charge < -0.3 is 10.4 Å². The van der Waals surface area contributed by atoms with Crippen molar-refractivity contribution in [3.63, 3.8) is 0 Å². The second-order valence-electron chi connectivity index (χ2n) is 4.49. The zero-order valence-electron chi connectivity index (χ0n) is 9.80. The van der Waals surface area contributed by atoms with Crippen LogP contribution in [0.1, 0.15) is 6.42 Å². The number of aliphatic hydroxyl groups excluding tert-OH is 1. The van der Waals surface area contributed by atoms with Crippen molar-refractivity contribution < 1.29 is 9.90 Å². The van der Waals surface area contributed by atoms with Crippen LogP contribution in [0.25, 0.3) is 0 Å². The Morgan fingerprint density at radius 1 is 1.41 bits per heavy atom. The number of rotatable bonds is 4. The summed E-state index contributed by atoms with van der Waals surface area (Å²) in [5.74, 6) is 0.342. The molecule has 92 valence electrons. The summed E-state index contributed by atoms with van der Waals surface area (Å²) in [5, 5.41) is 11.9. The molecule has 1 aromatic rings. The Labute approximate surface area is 101 Å². The Balaban J connectivity index is 1.78. The Hall–Kier alpha value is -1.39. The maximum Gasteiger partial charge on any atom is 0.238 e. The van der Waals surface area contributed by atoms with Crippen LogP contribution >= 0.6 is 0 Å². The van der Waals surface area contributed by atoms with Gasteiger partial charge in [0.15, 0.2) is 0 Å². The predicted molar refractivity (Wildman–Crippen MR) is 66.7 cm³/mol. The number of nitrogens with one attached hydrogen (secondary N) is 1. The molecule has 1 heterocycles. The molecule has 0 bridgehead atoms. The molecule has 0 radical (unpaired) electrons. The highest BCUT2D eigenvalue weighted by Crippen LogP contribution is 2.15. The molecule has 4 heteroatoms. The van der Waals surface area contributed by atoms with E-state index in [0.29, 0.717) is 12.5 Å². The summed E-state index contributed by atoms with van der Waals surface area (Å²) >= 11 is 0. The fourth-order valence-corrected chi connectivity index (χ4v) is 2.13. The van der Waals surface area contributed by atoms with Crippen molar-refractivity contribution >= 4 is 11.6 Å². The van der Waals surface area contributed by atoms with Gasteiger partial charge in [-0.15, -0.1) is 0 Å². The highest BCUT2D eigenvalue weighted by Gasteiger charge is 2.23. The highest BCUT2D eigenvalue weighted by molar-refractivity contribution is 5.92. The number of hydrogen-bond acceptors (Lipinski definition) is 3. The first-order valence-electron chi connectivity index (χ1n) is 5.96. The van der Waals surface area contributed by atoms with E-state index in [-0.39, 0.29) is 12.5 Å². The van der Waals surface area contributed by atoms with Gasteiger partial charge in [-0.25, -0.2) is 0 Å². The van der Waals surface area contributed by atoms with Crippen molar-refractivity contribution in [2.24, 2.45) is 5.92 Å². The molecule has 0 aromatic heterocycles. The maximum absolute atomic E-state index is 11.7. The molecule has 1 aliphatic rings. The molecule has 0 saturated carbocycles. The third-order valence-electron chi connectivity index (χ3n) is 3.05. The number of hydrogen-bond donors (Lipinski definition) is 2. The van der Waals surface area contributed by atoms with E-state index in [9.17, 15) is 4.79 Å². The van der Waals surface area contributed by atoms with E-state index in [1.54, 1.807) is 0 Å². The minimum atomic E-state index is 0.00906. The number of carbonyl (C=O) groups excluding carboxylic acids is 1. The van der Waals surface area contributed by atoms with Crippen molar-refractivity contribution in [1.82, 2.24) is 4.90 Å². The molecule has 17 heavy (non-hydrogen) atoms. The van der Waals surface area contributed by atoms with Gasteiger partial charge in [-0.2, -0.15) is 0 Å². The molecular weight excluding hydrogens is 216 g/mol. The van der Waals surface area contributed by atoms with E-state index in [4.69, 9.17) is 5.11 Å². The molecule has 0 aliphatic carbocycles. The summed E-state index contributed by atoms with van der Waals surface area (Å²) in [5.41, 5.74) is 0.829. The summed E-state index contributed by atoms with van der Waals surface area (Å²) in [4.78, 5) is 13.8. The summed E-state index contributed by atoms with van der Waals surface area (Å²) in [6.07, 6.45) is 0.981. The monoisotopic (exact) mass is 234 g/mol. The molecule has 1 saturated heterocycles. The van der Waals surface area contributed by atoms with Gasteiger partial charge in [-0.3, -0.25) is 9.69 Å². The Kier molecular flexibility index (Phi) is 4.12. The number of aliphatic hydroxyl groups is 1. The summed E-state index contributed by atoms with van der Waals surface area (Å²) < 4.78 is 0. The van der Waals surface area contributed by atoms with Crippen LogP contribution in [0.3, 0.4) is 0 Å². The summed E-state index contributed by atoms with van der Waals surface area (Å²) in [6.45, 7) is 2.34. The number of nitrogens with zero attached hydrogens (tertiary/aromatic N) is 1. The van der Waals surface area contributed by atoms with E-state index >= 15 is 0 Å². The largest absolute Gasteiger partial charge is 0.396 e. The molecule has 1 atom stereocenters. The standard InChI is InChI=1S/C13H18N2O2/c16-10-11-6-7-15(8-11)9-13(17)14-12-4-2-1-3-5-12/h1-5,11,16H,6-10H2,(H,14,17)/t11-/m0/s1. The number of carbonyl (C=O) groups is 1. The molecule has 1 fully saturated rings. The average molecular weight is 234 g/mol. The van der Waals surface area contributed by atoms with Crippen molar-refractivity contribution in [2.75, 3.05) is 31.6 Å². The van der Waals surface area contributed by atoms with E-state index in [2.05, 4.69) is 10.2 Å². The molecule has 1 aromatic carbocycles. The lowest BCUT2D eigenvalue weighted by Crippen LogP contribution is -2.31. The van der Waals surface area contributed by atoms with Crippen molar-refractivity contribution in [2.45, 2.75) is 6.42 Å². The first-order chi connectivity index (χ1) is 8.28. The lowest BCUT2D eigenvalue weighted by atomic mass is 10.1. The Bertz CT molecular complexity index is 367. The van der Waals surface area contributed by atoms with Gasteiger partial charge in [0.05, 0.1) is 6.54 Å². The number of anilines is 1. The third kappa shape index (κ3) is 3.54. The van der Waals surface area contributed by atoms with Crippen LogP contribution in [0.4, 0.5) is 5.69 Å². The molecule has 1 aliphatic heterocycles. The SMILES string of the molecule is O=C(CN1CC[C@H](CO)C1)Nc1ccccc1. The van der Waals surface area contributed by atoms with E-state index in [0.717, 1.165) is 25.2 Å². The molecule has 2 N–H and O–H groups in total. The first-order valence-corrected chi connectivity index (χ1v) is 5.96. The number of benzene rings is 1. The van der Waals surface area contributed by atoms with Crippen LogP contribution in [0.5, 0.6) is 0 Å². The Morgan fingerprint density at radius 2 is 2.18 bits per heavy atom. The molecule has 4 nitrogen and oxygen atoms in total. The van der Waals surface area contributed by atoms with Gasteiger partial charge in [0.25, 0.3) is 0 Å². The van der Waals surface area contributed by atoms with Gasteiger partial charge >= 0.3 is 0 Å². The van der Waals surface area contributed by atoms with Crippen molar-refractivity contribution in [1.29, 1.82) is 0 Å². The van der Waals surface area contributed by atoms with E-state index in [1.807, 2.05) is 30.3 Å². The van der Waals surface area contributed by atoms with Crippen LogP contribution in [-0.4, -0.2) is 42.2 Å². The summed E-state index contributed by atoms with van der Waals surface area (Å²) in [7, 11) is 0. The van der Waals surface area contributed by atoms with Gasteiger partial charge in [0.2, 0.25) is 5.91 Å². The second kappa shape index (κ2) is 5.80. The maximum atomic E-state index is 11.7. The average Bonchev–Trinajstić information content (AvgIpc) is 2.78. The normalized spacial score (nSPS) is 20.4. The van der Waals surface area contributed by atoms with Crippen LogP contribution in [-0.2, 0) is 4.79 Å². The number of para-hydroxylation sites is 1. The van der Waals surface area contributed by atoms with Gasteiger partial charge in [0, 0.05) is 18.8 Å².